The van der Waals surface area contributed by atoms with Crippen LogP contribution in [0.4, 0.5) is 0 Å². The number of aryl methyl sites for hydroxylation is 2. The molecule has 0 aliphatic heterocycles. The summed E-state index contributed by atoms with van der Waals surface area (Å²) in [6.07, 6.45) is 3.30. The van der Waals surface area contributed by atoms with Gasteiger partial charge in [-0.2, -0.15) is 5.10 Å². The van der Waals surface area contributed by atoms with E-state index in [2.05, 4.69) is 42.8 Å². The number of nitrogens with one attached hydrogen (secondary N) is 1. The molecule has 0 saturated carbocycles. The van der Waals surface area contributed by atoms with Crippen molar-refractivity contribution in [1.29, 1.82) is 0 Å². The highest BCUT2D eigenvalue weighted by Gasteiger charge is 2.10. The van der Waals surface area contributed by atoms with Crippen LogP contribution in [0.15, 0.2) is 0 Å². The van der Waals surface area contributed by atoms with Gasteiger partial charge in [-0.05, 0) is 57.7 Å². The van der Waals surface area contributed by atoms with Crippen LogP contribution in [-0.2, 0) is 17.7 Å². The van der Waals surface area contributed by atoms with Crippen LogP contribution in [-0.4, -0.2) is 36.6 Å². The quantitative estimate of drug-likeness (QED) is 0.670. The van der Waals surface area contributed by atoms with Gasteiger partial charge in [0.25, 0.3) is 0 Å². The van der Waals surface area contributed by atoms with E-state index in [-0.39, 0.29) is 0 Å². The molecule has 0 bridgehead atoms. The zero-order valence-corrected chi connectivity index (χ0v) is 13.8. The van der Waals surface area contributed by atoms with Gasteiger partial charge in [-0.3, -0.25) is 4.68 Å². The number of hydrogen-bond acceptors (Lipinski definition) is 3. The molecule has 0 aliphatic carbocycles. The van der Waals surface area contributed by atoms with Crippen molar-refractivity contribution in [3.8, 4) is 0 Å². The van der Waals surface area contributed by atoms with Crippen LogP contribution in [0.5, 0.6) is 0 Å². The highest BCUT2D eigenvalue weighted by Crippen LogP contribution is 2.14. The molecule has 0 fully saturated rings. The molecule has 20 heavy (non-hydrogen) atoms. The third-order valence-corrected chi connectivity index (χ3v) is 3.60. The standard InChI is InChI=1S/C16H31N3O/c1-13(2)12-17-9-8-16-14(3)18-19(15(16)4)10-6-7-11-20-5/h13,17H,6-12H2,1-5H3. The number of hydrogen-bond donors (Lipinski definition) is 1. The van der Waals surface area contributed by atoms with Crippen molar-refractivity contribution in [2.75, 3.05) is 26.8 Å². The Balaban J connectivity index is 2.44. The predicted molar refractivity (Wildman–Crippen MR) is 84.2 cm³/mol. The van der Waals surface area contributed by atoms with Crippen molar-refractivity contribution in [2.24, 2.45) is 5.92 Å². The molecule has 1 aromatic rings. The zero-order chi connectivity index (χ0) is 15.0. The molecule has 1 heterocycles. The molecule has 1 rings (SSSR count). The first-order valence-electron chi connectivity index (χ1n) is 7.78. The van der Waals surface area contributed by atoms with Gasteiger partial charge in [-0.15, -0.1) is 0 Å². The molecule has 0 spiro atoms. The van der Waals surface area contributed by atoms with Gasteiger partial charge < -0.3 is 10.1 Å². The second-order valence-electron chi connectivity index (χ2n) is 5.92. The normalized spacial score (nSPS) is 11.5. The fraction of sp³-hybridized carbons (Fsp3) is 0.812. The van der Waals surface area contributed by atoms with E-state index in [9.17, 15) is 0 Å². The molecule has 0 aromatic carbocycles. The zero-order valence-electron chi connectivity index (χ0n) is 13.8. The van der Waals surface area contributed by atoms with E-state index in [4.69, 9.17) is 4.74 Å². The maximum Gasteiger partial charge on any atom is 0.0628 e. The van der Waals surface area contributed by atoms with Crippen LogP contribution in [0, 0.1) is 19.8 Å². The monoisotopic (exact) mass is 281 g/mol. The van der Waals surface area contributed by atoms with Crippen molar-refractivity contribution in [2.45, 2.75) is 53.5 Å². The fourth-order valence-electron chi connectivity index (χ4n) is 2.43. The first-order chi connectivity index (χ1) is 9.56. The van der Waals surface area contributed by atoms with Crippen LogP contribution in [0.2, 0.25) is 0 Å². The van der Waals surface area contributed by atoms with Gasteiger partial charge in [-0.1, -0.05) is 13.8 Å². The molecule has 4 heteroatoms. The van der Waals surface area contributed by atoms with Crippen LogP contribution in [0.1, 0.15) is 43.6 Å². The van der Waals surface area contributed by atoms with Gasteiger partial charge >= 0.3 is 0 Å². The lowest BCUT2D eigenvalue weighted by Gasteiger charge is -2.08. The van der Waals surface area contributed by atoms with E-state index >= 15 is 0 Å². The number of rotatable bonds is 10. The Hall–Kier alpha value is -0.870. The third kappa shape index (κ3) is 5.63. The maximum atomic E-state index is 5.09. The Kier molecular flexibility index (Phi) is 7.85. The fourth-order valence-corrected chi connectivity index (χ4v) is 2.43. The van der Waals surface area contributed by atoms with Gasteiger partial charge in [0.05, 0.1) is 5.69 Å². The SMILES string of the molecule is COCCCCn1nc(C)c(CCNCC(C)C)c1C. The summed E-state index contributed by atoms with van der Waals surface area (Å²) in [4.78, 5) is 0. The lowest BCUT2D eigenvalue weighted by Crippen LogP contribution is -2.22. The molecule has 1 aromatic heterocycles. The Bertz CT molecular complexity index is 385. The predicted octanol–water partition coefficient (Wildman–Crippen LogP) is 2.71. The molecule has 0 aliphatic rings. The van der Waals surface area contributed by atoms with E-state index in [1.165, 1.54) is 17.0 Å². The largest absolute Gasteiger partial charge is 0.385 e. The minimum Gasteiger partial charge on any atom is -0.385 e. The van der Waals surface area contributed by atoms with Crippen LogP contribution < -0.4 is 5.32 Å². The molecule has 0 unspecified atom stereocenters. The summed E-state index contributed by atoms with van der Waals surface area (Å²) in [5, 5.41) is 8.17. The van der Waals surface area contributed by atoms with E-state index in [1.807, 2.05) is 0 Å². The lowest BCUT2D eigenvalue weighted by molar-refractivity contribution is 0.191. The lowest BCUT2D eigenvalue weighted by atomic mass is 10.1. The Morgan fingerprint density at radius 3 is 2.65 bits per heavy atom. The van der Waals surface area contributed by atoms with Crippen molar-refractivity contribution in [1.82, 2.24) is 15.1 Å². The summed E-state index contributed by atoms with van der Waals surface area (Å²) in [7, 11) is 1.76. The van der Waals surface area contributed by atoms with Gasteiger partial charge in [0.1, 0.15) is 0 Å². The average molecular weight is 281 g/mol. The third-order valence-electron chi connectivity index (χ3n) is 3.60. The summed E-state index contributed by atoms with van der Waals surface area (Å²) in [6, 6.07) is 0. The van der Waals surface area contributed by atoms with Crippen LogP contribution >= 0.6 is 0 Å². The minimum absolute atomic E-state index is 0.709. The molecule has 0 radical (unpaired) electrons. The first-order valence-corrected chi connectivity index (χ1v) is 7.78. The van der Waals surface area contributed by atoms with E-state index in [1.54, 1.807) is 7.11 Å². The van der Waals surface area contributed by atoms with Crippen molar-refractivity contribution in [3.05, 3.63) is 17.0 Å². The van der Waals surface area contributed by atoms with Crippen molar-refractivity contribution in [3.63, 3.8) is 0 Å². The smallest absolute Gasteiger partial charge is 0.0628 e. The van der Waals surface area contributed by atoms with Gasteiger partial charge in [0.2, 0.25) is 0 Å². The second-order valence-corrected chi connectivity index (χ2v) is 5.92. The Morgan fingerprint density at radius 1 is 1.25 bits per heavy atom. The number of unbranched alkanes of at least 4 members (excludes halogenated alkanes) is 1. The topological polar surface area (TPSA) is 39.1 Å². The average Bonchev–Trinajstić information content (AvgIpc) is 2.66. The summed E-state index contributed by atoms with van der Waals surface area (Å²) in [5.74, 6) is 0.709. The molecular weight excluding hydrogens is 250 g/mol. The van der Waals surface area contributed by atoms with Crippen LogP contribution in [0.25, 0.3) is 0 Å². The van der Waals surface area contributed by atoms with Crippen LogP contribution in [0.3, 0.4) is 0 Å². The summed E-state index contributed by atoms with van der Waals surface area (Å²) < 4.78 is 7.24. The van der Waals surface area contributed by atoms with E-state index in [0.717, 1.165) is 45.5 Å². The molecular formula is C16H31N3O. The molecule has 0 saturated heterocycles. The highest BCUT2D eigenvalue weighted by atomic mass is 16.5. The Labute approximate surface area is 123 Å². The number of ether oxygens (including phenoxy) is 1. The molecule has 4 nitrogen and oxygen atoms in total. The maximum absolute atomic E-state index is 5.09. The van der Waals surface area contributed by atoms with Crippen molar-refractivity contribution < 1.29 is 4.74 Å². The number of methoxy groups -OCH3 is 1. The number of aromatic nitrogens is 2. The summed E-state index contributed by atoms with van der Waals surface area (Å²) in [5.41, 5.74) is 3.92. The molecule has 116 valence electrons. The molecule has 0 amide bonds. The first kappa shape index (κ1) is 17.2. The van der Waals surface area contributed by atoms with Crippen molar-refractivity contribution >= 4 is 0 Å². The minimum atomic E-state index is 0.709. The van der Waals surface area contributed by atoms with Gasteiger partial charge in [0, 0.05) is 26.0 Å². The second kappa shape index (κ2) is 9.14. The van der Waals surface area contributed by atoms with Gasteiger partial charge in [0.15, 0.2) is 0 Å². The molecule has 0 atom stereocenters. The van der Waals surface area contributed by atoms with E-state index in [0.29, 0.717) is 5.92 Å². The summed E-state index contributed by atoms with van der Waals surface area (Å²) >= 11 is 0. The number of nitrogens with zero attached hydrogens (tertiary/aromatic N) is 2. The molecule has 1 N–H and O–H groups in total. The van der Waals surface area contributed by atoms with Gasteiger partial charge in [-0.25, -0.2) is 0 Å². The Morgan fingerprint density at radius 2 is 2.00 bits per heavy atom. The highest BCUT2D eigenvalue weighted by molar-refractivity contribution is 5.24. The summed E-state index contributed by atoms with van der Waals surface area (Å²) in [6.45, 7) is 12.7. The van der Waals surface area contributed by atoms with E-state index < -0.39 is 0 Å².